The predicted octanol–water partition coefficient (Wildman–Crippen LogP) is 1.30. The lowest BCUT2D eigenvalue weighted by Crippen LogP contribution is -2.42. The van der Waals surface area contributed by atoms with E-state index in [-0.39, 0.29) is 24.3 Å². The first-order chi connectivity index (χ1) is 9.95. The molecule has 0 bridgehead atoms. The second kappa shape index (κ2) is 8.00. The van der Waals surface area contributed by atoms with Crippen molar-refractivity contribution in [2.75, 3.05) is 13.1 Å². The maximum atomic E-state index is 11.7. The van der Waals surface area contributed by atoms with Gasteiger partial charge in [0.25, 0.3) is 0 Å². The quantitative estimate of drug-likeness (QED) is 0.530. The first kappa shape index (κ1) is 17.5. The van der Waals surface area contributed by atoms with Crippen LogP contribution in [0.2, 0.25) is 0 Å². The zero-order chi connectivity index (χ0) is 15.9. The van der Waals surface area contributed by atoms with Crippen LogP contribution in [0, 0.1) is 11.3 Å². The van der Waals surface area contributed by atoms with E-state index in [4.69, 9.17) is 0 Å². The van der Waals surface area contributed by atoms with Crippen LogP contribution < -0.4 is 10.6 Å². The summed E-state index contributed by atoms with van der Waals surface area (Å²) in [5, 5.41) is 14.8. The Balaban J connectivity index is 2.20. The van der Waals surface area contributed by atoms with Crippen LogP contribution in [0.1, 0.15) is 52.4 Å². The van der Waals surface area contributed by atoms with Crippen molar-refractivity contribution < 1.29 is 19.5 Å². The van der Waals surface area contributed by atoms with Gasteiger partial charge in [-0.15, -0.1) is 0 Å². The smallest absolute Gasteiger partial charge is 0.311 e. The van der Waals surface area contributed by atoms with Gasteiger partial charge < -0.3 is 15.7 Å². The standard InChI is InChI=1S/C15H26N2O4/c1-3-15(4-2,14(20)21)10-17-12(18)6-5-9-16-13(19)11-7-8-11/h11H,3-10H2,1-2H3,(H,16,19)(H,17,18)(H,20,21). The number of aliphatic carboxylic acids is 1. The average molecular weight is 298 g/mol. The number of hydrogen-bond acceptors (Lipinski definition) is 3. The Morgan fingerprint density at radius 3 is 2.24 bits per heavy atom. The maximum Gasteiger partial charge on any atom is 0.311 e. The molecule has 1 saturated carbocycles. The zero-order valence-corrected chi connectivity index (χ0v) is 12.9. The fraction of sp³-hybridized carbons (Fsp3) is 0.800. The Kier molecular flexibility index (Phi) is 6.65. The van der Waals surface area contributed by atoms with Crippen molar-refractivity contribution in [2.24, 2.45) is 11.3 Å². The van der Waals surface area contributed by atoms with Gasteiger partial charge in [0.1, 0.15) is 0 Å². The van der Waals surface area contributed by atoms with E-state index < -0.39 is 11.4 Å². The molecule has 0 aromatic heterocycles. The van der Waals surface area contributed by atoms with E-state index in [0.29, 0.717) is 32.2 Å². The summed E-state index contributed by atoms with van der Waals surface area (Å²) < 4.78 is 0. The number of hydrogen-bond donors (Lipinski definition) is 3. The van der Waals surface area contributed by atoms with Crippen molar-refractivity contribution in [2.45, 2.75) is 52.4 Å². The Morgan fingerprint density at radius 1 is 1.14 bits per heavy atom. The lowest BCUT2D eigenvalue weighted by Gasteiger charge is -2.26. The fourth-order valence-corrected chi connectivity index (χ4v) is 2.18. The largest absolute Gasteiger partial charge is 0.481 e. The molecular formula is C15H26N2O4. The molecule has 0 heterocycles. The highest BCUT2D eigenvalue weighted by Gasteiger charge is 2.35. The highest BCUT2D eigenvalue weighted by atomic mass is 16.4. The summed E-state index contributed by atoms with van der Waals surface area (Å²) in [5.41, 5.74) is -0.879. The van der Waals surface area contributed by atoms with Crippen molar-refractivity contribution in [3.63, 3.8) is 0 Å². The second-order valence-corrected chi connectivity index (χ2v) is 5.74. The molecular weight excluding hydrogens is 272 g/mol. The van der Waals surface area contributed by atoms with Crippen molar-refractivity contribution in [3.8, 4) is 0 Å². The maximum absolute atomic E-state index is 11.7. The van der Waals surface area contributed by atoms with E-state index in [1.54, 1.807) is 0 Å². The lowest BCUT2D eigenvalue weighted by atomic mass is 9.82. The molecule has 1 aliphatic carbocycles. The SMILES string of the molecule is CCC(CC)(CNC(=O)CCCNC(=O)C1CC1)C(=O)O. The summed E-state index contributed by atoms with van der Waals surface area (Å²) in [6.07, 6.45) is 3.78. The third-order valence-corrected chi connectivity index (χ3v) is 4.26. The van der Waals surface area contributed by atoms with Gasteiger partial charge in [-0.2, -0.15) is 0 Å². The average Bonchev–Trinajstić information content (AvgIpc) is 3.29. The first-order valence-corrected chi connectivity index (χ1v) is 7.73. The Labute approximate surface area is 125 Å². The van der Waals surface area contributed by atoms with Crippen molar-refractivity contribution >= 4 is 17.8 Å². The van der Waals surface area contributed by atoms with Gasteiger partial charge in [-0.25, -0.2) is 0 Å². The molecule has 3 N–H and O–H groups in total. The summed E-state index contributed by atoms with van der Waals surface area (Å²) >= 11 is 0. The number of nitrogens with one attached hydrogen (secondary N) is 2. The minimum atomic E-state index is -0.879. The van der Waals surface area contributed by atoms with E-state index in [9.17, 15) is 19.5 Å². The molecule has 0 spiro atoms. The van der Waals surface area contributed by atoms with Crippen LogP contribution in [0.25, 0.3) is 0 Å². The molecule has 0 unspecified atom stereocenters. The molecule has 1 fully saturated rings. The third kappa shape index (κ3) is 5.36. The van der Waals surface area contributed by atoms with Gasteiger partial charge in [0.15, 0.2) is 0 Å². The van der Waals surface area contributed by atoms with Crippen LogP contribution in [0.4, 0.5) is 0 Å². The minimum Gasteiger partial charge on any atom is -0.481 e. The van der Waals surface area contributed by atoms with Crippen molar-refractivity contribution in [1.29, 1.82) is 0 Å². The fourth-order valence-electron chi connectivity index (χ4n) is 2.18. The molecule has 0 saturated heterocycles. The van der Waals surface area contributed by atoms with Gasteiger partial charge in [0, 0.05) is 25.4 Å². The summed E-state index contributed by atoms with van der Waals surface area (Å²) in [7, 11) is 0. The molecule has 21 heavy (non-hydrogen) atoms. The van der Waals surface area contributed by atoms with Crippen LogP contribution in [0.5, 0.6) is 0 Å². The summed E-state index contributed by atoms with van der Waals surface area (Å²) in [6, 6.07) is 0. The number of carboxylic acid groups (broad SMARTS) is 1. The molecule has 6 heteroatoms. The molecule has 0 aromatic rings. The molecule has 2 amide bonds. The van der Waals surface area contributed by atoms with Gasteiger partial charge in [0.2, 0.25) is 11.8 Å². The van der Waals surface area contributed by atoms with Gasteiger partial charge in [-0.3, -0.25) is 14.4 Å². The Bertz CT molecular complexity index is 387. The Morgan fingerprint density at radius 2 is 1.76 bits per heavy atom. The zero-order valence-electron chi connectivity index (χ0n) is 12.9. The third-order valence-electron chi connectivity index (χ3n) is 4.26. The normalized spacial score (nSPS) is 14.6. The van der Waals surface area contributed by atoms with Crippen LogP contribution in [-0.4, -0.2) is 36.0 Å². The Hall–Kier alpha value is -1.59. The molecule has 0 aliphatic heterocycles. The monoisotopic (exact) mass is 298 g/mol. The topological polar surface area (TPSA) is 95.5 Å². The summed E-state index contributed by atoms with van der Waals surface area (Å²) in [4.78, 5) is 34.4. The summed E-state index contributed by atoms with van der Waals surface area (Å²) in [6.45, 7) is 4.28. The van der Waals surface area contributed by atoms with Crippen LogP contribution in [0.3, 0.4) is 0 Å². The molecule has 0 aromatic carbocycles. The molecule has 0 radical (unpaired) electrons. The van der Waals surface area contributed by atoms with Crippen LogP contribution >= 0.6 is 0 Å². The van der Waals surface area contributed by atoms with Crippen LogP contribution in [-0.2, 0) is 14.4 Å². The van der Waals surface area contributed by atoms with Gasteiger partial charge >= 0.3 is 5.97 Å². The predicted molar refractivity (Wildman–Crippen MR) is 78.6 cm³/mol. The number of carbonyl (C=O) groups is 3. The van der Waals surface area contributed by atoms with Gasteiger partial charge in [-0.05, 0) is 32.1 Å². The first-order valence-electron chi connectivity index (χ1n) is 7.73. The van der Waals surface area contributed by atoms with Crippen molar-refractivity contribution in [3.05, 3.63) is 0 Å². The van der Waals surface area contributed by atoms with E-state index in [2.05, 4.69) is 10.6 Å². The van der Waals surface area contributed by atoms with Crippen LogP contribution in [0.15, 0.2) is 0 Å². The molecule has 6 nitrogen and oxygen atoms in total. The number of rotatable bonds is 10. The van der Waals surface area contributed by atoms with Crippen molar-refractivity contribution in [1.82, 2.24) is 10.6 Å². The minimum absolute atomic E-state index is 0.0808. The molecule has 1 rings (SSSR count). The lowest BCUT2D eigenvalue weighted by molar-refractivity contribution is -0.149. The number of carboxylic acids is 1. The van der Waals surface area contributed by atoms with Gasteiger partial charge in [0.05, 0.1) is 5.41 Å². The highest BCUT2D eigenvalue weighted by molar-refractivity contribution is 5.81. The van der Waals surface area contributed by atoms with E-state index >= 15 is 0 Å². The van der Waals surface area contributed by atoms with E-state index in [1.165, 1.54) is 0 Å². The number of amides is 2. The molecule has 0 atom stereocenters. The van der Waals surface area contributed by atoms with E-state index in [1.807, 2.05) is 13.8 Å². The molecule has 1 aliphatic rings. The van der Waals surface area contributed by atoms with E-state index in [0.717, 1.165) is 12.8 Å². The molecule has 120 valence electrons. The van der Waals surface area contributed by atoms with Gasteiger partial charge in [-0.1, -0.05) is 13.8 Å². The second-order valence-electron chi connectivity index (χ2n) is 5.74. The summed E-state index contributed by atoms with van der Waals surface area (Å²) in [5.74, 6) is -0.769. The highest BCUT2D eigenvalue weighted by Crippen LogP contribution is 2.28. The number of carbonyl (C=O) groups excluding carboxylic acids is 2.